The first kappa shape index (κ1) is 15.4. The number of hydrogen-bond acceptors (Lipinski definition) is 4. The number of amides is 1. The van der Waals surface area contributed by atoms with Crippen molar-refractivity contribution in [3.05, 3.63) is 53.6 Å². The molecule has 1 aliphatic rings. The Kier molecular flexibility index (Phi) is 4.48. The molecule has 0 radical (unpaired) electrons. The minimum Gasteiger partial charge on any atom is -0.399 e. The third-order valence-electron chi connectivity index (χ3n) is 3.99. The van der Waals surface area contributed by atoms with Crippen LogP contribution in [0.25, 0.3) is 0 Å². The van der Waals surface area contributed by atoms with E-state index in [0.717, 1.165) is 43.2 Å². The minimum absolute atomic E-state index is 0.131. The topological polar surface area (TPSA) is 67.6 Å². The molecule has 1 saturated heterocycles. The van der Waals surface area contributed by atoms with Crippen molar-refractivity contribution in [2.24, 2.45) is 0 Å². The number of ether oxygens (including phenoxy) is 1. The van der Waals surface area contributed by atoms with Crippen LogP contribution >= 0.6 is 0 Å². The molecule has 0 unspecified atom stereocenters. The second-order valence-electron chi connectivity index (χ2n) is 5.68. The maximum Gasteiger partial charge on any atom is 0.255 e. The normalized spacial score (nSPS) is 14.6. The number of nitrogens with two attached hydrogens (primary N) is 1. The van der Waals surface area contributed by atoms with Gasteiger partial charge in [0.1, 0.15) is 0 Å². The number of nitrogens with one attached hydrogen (secondary N) is 1. The van der Waals surface area contributed by atoms with Crippen LogP contribution in [-0.4, -0.2) is 32.2 Å². The number of carbonyl (C=O) groups excluding carboxylic acids is 1. The molecule has 3 rings (SSSR count). The Morgan fingerprint density at radius 3 is 2.74 bits per heavy atom. The number of hydrogen-bond donors (Lipinski definition) is 2. The number of aryl methyl sites for hydroxylation is 1. The van der Waals surface area contributed by atoms with E-state index in [2.05, 4.69) is 10.2 Å². The van der Waals surface area contributed by atoms with E-state index in [9.17, 15) is 4.79 Å². The summed E-state index contributed by atoms with van der Waals surface area (Å²) in [7, 11) is 0. The standard InChI is InChI=1S/C18H21N3O2/c1-13-5-6-15(19)12-17(13)20-18(22)14-3-2-4-16(11-14)21-7-9-23-10-8-21/h2-6,11-12H,7-10,19H2,1H3,(H,20,22). The first-order valence-electron chi connectivity index (χ1n) is 7.74. The number of carbonyl (C=O) groups is 1. The Hall–Kier alpha value is -2.53. The van der Waals surface area contributed by atoms with Crippen molar-refractivity contribution < 1.29 is 9.53 Å². The Balaban J connectivity index is 1.78. The second-order valence-corrected chi connectivity index (χ2v) is 5.68. The van der Waals surface area contributed by atoms with Gasteiger partial charge in [-0.05, 0) is 42.8 Å². The van der Waals surface area contributed by atoms with E-state index in [1.807, 2.05) is 43.3 Å². The summed E-state index contributed by atoms with van der Waals surface area (Å²) in [5.74, 6) is -0.131. The van der Waals surface area contributed by atoms with Crippen molar-refractivity contribution >= 4 is 23.0 Å². The molecule has 2 aromatic rings. The maximum atomic E-state index is 12.5. The van der Waals surface area contributed by atoms with E-state index in [4.69, 9.17) is 10.5 Å². The molecule has 120 valence electrons. The van der Waals surface area contributed by atoms with Crippen molar-refractivity contribution in [2.75, 3.05) is 42.3 Å². The Bertz CT molecular complexity index is 709. The summed E-state index contributed by atoms with van der Waals surface area (Å²) in [4.78, 5) is 14.7. The number of anilines is 3. The van der Waals surface area contributed by atoms with Crippen molar-refractivity contribution in [3.8, 4) is 0 Å². The van der Waals surface area contributed by atoms with Gasteiger partial charge in [0.2, 0.25) is 0 Å². The van der Waals surface area contributed by atoms with Crippen LogP contribution in [0.4, 0.5) is 17.1 Å². The van der Waals surface area contributed by atoms with E-state index in [0.29, 0.717) is 11.3 Å². The molecule has 5 heteroatoms. The van der Waals surface area contributed by atoms with Gasteiger partial charge in [0.25, 0.3) is 5.91 Å². The molecule has 0 atom stereocenters. The molecule has 1 heterocycles. The lowest BCUT2D eigenvalue weighted by Crippen LogP contribution is -2.36. The fourth-order valence-corrected chi connectivity index (χ4v) is 2.63. The molecule has 0 aliphatic carbocycles. The molecule has 23 heavy (non-hydrogen) atoms. The highest BCUT2D eigenvalue weighted by Crippen LogP contribution is 2.21. The lowest BCUT2D eigenvalue weighted by Gasteiger charge is -2.29. The van der Waals surface area contributed by atoms with E-state index in [1.54, 1.807) is 6.07 Å². The summed E-state index contributed by atoms with van der Waals surface area (Å²) >= 11 is 0. The molecule has 3 N–H and O–H groups in total. The largest absolute Gasteiger partial charge is 0.399 e. The molecule has 0 spiro atoms. The van der Waals surface area contributed by atoms with Gasteiger partial charge in [-0.25, -0.2) is 0 Å². The number of nitrogen functional groups attached to an aromatic ring is 1. The van der Waals surface area contributed by atoms with E-state index in [1.165, 1.54) is 0 Å². The maximum absolute atomic E-state index is 12.5. The van der Waals surface area contributed by atoms with E-state index >= 15 is 0 Å². The third kappa shape index (κ3) is 3.63. The zero-order chi connectivity index (χ0) is 16.2. The van der Waals surface area contributed by atoms with Crippen molar-refractivity contribution in [1.29, 1.82) is 0 Å². The molecule has 5 nitrogen and oxygen atoms in total. The Labute approximate surface area is 136 Å². The SMILES string of the molecule is Cc1ccc(N)cc1NC(=O)c1cccc(N2CCOCC2)c1. The molecular weight excluding hydrogens is 290 g/mol. The van der Waals surface area contributed by atoms with Gasteiger partial charge in [0, 0.05) is 35.7 Å². The van der Waals surface area contributed by atoms with Crippen LogP contribution in [0.1, 0.15) is 15.9 Å². The Morgan fingerprint density at radius 2 is 1.96 bits per heavy atom. The molecule has 1 aliphatic heterocycles. The zero-order valence-electron chi connectivity index (χ0n) is 13.2. The van der Waals surface area contributed by atoms with Crippen LogP contribution < -0.4 is 16.0 Å². The predicted molar refractivity (Wildman–Crippen MR) is 93.0 cm³/mol. The van der Waals surface area contributed by atoms with Crippen LogP contribution in [-0.2, 0) is 4.74 Å². The minimum atomic E-state index is -0.131. The van der Waals surface area contributed by atoms with Gasteiger partial charge >= 0.3 is 0 Å². The lowest BCUT2D eigenvalue weighted by molar-refractivity contribution is 0.102. The predicted octanol–water partition coefficient (Wildman–Crippen LogP) is 2.67. The molecule has 2 aromatic carbocycles. The zero-order valence-corrected chi connectivity index (χ0v) is 13.2. The van der Waals surface area contributed by atoms with Gasteiger partial charge in [-0.3, -0.25) is 4.79 Å². The summed E-state index contributed by atoms with van der Waals surface area (Å²) in [6.45, 7) is 5.08. The fraction of sp³-hybridized carbons (Fsp3) is 0.278. The first-order chi connectivity index (χ1) is 11.1. The van der Waals surface area contributed by atoms with Gasteiger partial charge in [-0.1, -0.05) is 12.1 Å². The first-order valence-corrected chi connectivity index (χ1v) is 7.74. The van der Waals surface area contributed by atoms with Crippen molar-refractivity contribution in [2.45, 2.75) is 6.92 Å². The monoisotopic (exact) mass is 311 g/mol. The third-order valence-corrected chi connectivity index (χ3v) is 3.99. The van der Waals surface area contributed by atoms with Crippen LogP contribution in [0, 0.1) is 6.92 Å². The van der Waals surface area contributed by atoms with Crippen LogP contribution in [0.2, 0.25) is 0 Å². The number of benzene rings is 2. The molecular formula is C18H21N3O2. The van der Waals surface area contributed by atoms with Crippen molar-refractivity contribution in [3.63, 3.8) is 0 Å². The fourth-order valence-electron chi connectivity index (χ4n) is 2.63. The highest BCUT2D eigenvalue weighted by Gasteiger charge is 2.14. The van der Waals surface area contributed by atoms with E-state index in [-0.39, 0.29) is 5.91 Å². The second kappa shape index (κ2) is 6.71. The molecule has 1 fully saturated rings. The average Bonchev–Trinajstić information content (AvgIpc) is 2.59. The molecule has 0 bridgehead atoms. The summed E-state index contributed by atoms with van der Waals surface area (Å²) in [6.07, 6.45) is 0. The summed E-state index contributed by atoms with van der Waals surface area (Å²) in [6, 6.07) is 13.2. The summed E-state index contributed by atoms with van der Waals surface area (Å²) in [5, 5.41) is 2.94. The van der Waals surface area contributed by atoms with Crippen LogP contribution in [0.15, 0.2) is 42.5 Å². The Morgan fingerprint density at radius 1 is 1.17 bits per heavy atom. The van der Waals surface area contributed by atoms with Crippen LogP contribution in [0.3, 0.4) is 0 Å². The quantitative estimate of drug-likeness (QED) is 0.855. The van der Waals surface area contributed by atoms with Gasteiger partial charge in [0.05, 0.1) is 13.2 Å². The smallest absolute Gasteiger partial charge is 0.255 e. The number of rotatable bonds is 3. The van der Waals surface area contributed by atoms with Crippen LogP contribution in [0.5, 0.6) is 0 Å². The average molecular weight is 311 g/mol. The number of nitrogens with zero attached hydrogens (tertiary/aromatic N) is 1. The molecule has 1 amide bonds. The van der Waals surface area contributed by atoms with Gasteiger partial charge in [0.15, 0.2) is 0 Å². The number of morpholine rings is 1. The summed E-state index contributed by atoms with van der Waals surface area (Å²) in [5.41, 5.74) is 9.83. The van der Waals surface area contributed by atoms with Gasteiger partial charge < -0.3 is 20.7 Å². The summed E-state index contributed by atoms with van der Waals surface area (Å²) < 4.78 is 5.37. The molecule has 0 aromatic heterocycles. The van der Waals surface area contributed by atoms with E-state index < -0.39 is 0 Å². The van der Waals surface area contributed by atoms with Gasteiger partial charge in [-0.2, -0.15) is 0 Å². The van der Waals surface area contributed by atoms with Gasteiger partial charge in [-0.15, -0.1) is 0 Å². The lowest BCUT2D eigenvalue weighted by atomic mass is 10.1. The van der Waals surface area contributed by atoms with Crippen molar-refractivity contribution in [1.82, 2.24) is 0 Å². The molecule has 0 saturated carbocycles. The highest BCUT2D eigenvalue weighted by atomic mass is 16.5. The highest BCUT2D eigenvalue weighted by molar-refractivity contribution is 6.05.